The monoisotopic (exact) mass is 133 g/mol. The Kier molecular flexibility index (Phi) is 2.24. The molecule has 1 aliphatic rings. The van der Waals surface area contributed by atoms with Gasteiger partial charge in [-0.25, -0.2) is 0 Å². The highest BCUT2D eigenvalue weighted by Crippen LogP contribution is 2.12. The van der Waals surface area contributed by atoms with Crippen LogP contribution in [0.1, 0.15) is 12.8 Å². The molecular weight excluding hydrogens is 121 g/mol. The van der Waals surface area contributed by atoms with Crippen molar-refractivity contribution < 1.29 is 5.11 Å². The van der Waals surface area contributed by atoms with Gasteiger partial charge in [0.2, 0.25) is 0 Å². The van der Waals surface area contributed by atoms with Crippen molar-refractivity contribution in [2.24, 2.45) is 0 Å². The molecule has 1 fully saturated rings. The molecule has 0 aromatic carbocycles. The summed E-state index contributed by atoms with van der Waals surface area (Å²) >= 11 is 0. The first-order valence-corrected chi connectivity index (χ1v) is 3.48. The summed E-state index contributed by atoms with van der Waals surface area (Å²) in [6.45, 7) is 1.94. The Morgan fingerprint density at radius 1 is 1.62 bits per heavy atom. The summed E-state index contributed by atoms with van der Waals surface area (Å²) in [5.74, 6) is 0. The largest absolute Gasteiger partial charge is 0.392 e. The molecule has 48 valence electrons. The molecule has 0 bridgehead atoms. The summed E-state index contributed by atoms with van der Waals surface area (Å²) in [7, 11) is 2.60. The number of rotatable bonds is 0. The fourth-order valence-corrected chi connectivity index (χ4v) is 1.41. The fourth-order valence-electron chi connectivity index (χ4n) is 0.983. The molecule has 1 rings (SSSR count). The SMILES string of the molecule is OC1CCCN(P)C1. The average molecular weight is 133 g/mol. The average Bonchev–Trinajstić information content (AvgIpc) is 1.64. The van der Waals surface area contributed by atoms with Crippen LogP contribution in [0.2, 0.25) is 0 Å². The van der Waals surface area contributed by atoms with E-state index in [1.54, 1.807) is 0 Å². The van der Waals surface area contributed by atoms with Crippen molar-refractivity contribution in [1.82, 2.24) is 4.67 Å². The van der Waals surface area contributed by atoms with Crippen LogP contribution in [0.5, 0.6) is 0 Å². The van der Waals surface area contributed by atoms with Crippen LogP contribution in [0.15, 0.2) is 0 Å². The minimum Gasteiger partial charge on any atom is -0.392 e. The molecule has 0 radical (unpaired) electrons. The van der Waals surface area contributed by atoms with Gasteiger partial charge < -0.3 is 5.11 Å². The first-order valence-electron chi connectivity index (χ1n) is 2.97. The van der Waals surface area contributed by atoms with Gasteiger partial charge in [-0.05, 0) is 12.8 Å². The fraction of sp³-hybridized carbons (Fsp3) is 1.00. The van der Waals surface area contributed by atoms with E-state index in [-0.39, 0.29) is 6.10 Å². The van der Waals surface area contributed by atoms with Crippen molar-refractivity contribution in [2.45, 2.75) is 18.9 Å². The minimum atomic E-state index is -0.0822. The summed E-state index contributed by atoms with van der Waals surface area (Å²) in [6.07, 6.45) is 2.02. The van der Waals surface area contributed by atoms with Gasteiger partial charge >= 0.3 is 0 Å². The second-order valence-corrected chi connectivity index (χ2v) is 3.02. The highest BCUT2D eigenvalue weighted by Gasteiger charge is 2.12. The molecule has 0 aromatic heterocycles. The van der Waals surface area contributed by atoms with E-state index in [4.69, 9.17) is 5.11 Å². The normalized spacial score (nSPS) is 33.0. The molecule has 0 saturated carbocycles. The van der Waals surface area contributed by atoms with Crippen molar-refractivity contribution in [3.8, 4) is 0 Å². The number of β-amino-alcohol motifs (C(OH)–C–C–N with tert-alkyl or cyclic N) is 1. The molecule has 2 unspecified atom stereocenters. The van der Waals surface area contributed by atoms with Gasteiger partial charge in [0.25, 0.3) is 0 Å². The van der Waals surface area contributed by atoms with Gasteiger partial charge in [-0.2, -0.15) is 0 Å². The quantitative estimate of drug-likeness (QED) is 0.478. The molecule has 1 heterocycles. The molecule has 0 spiro atoms. The van der Waals surface area contributed by atoms with Gasteiger partial charge in [-0.3, -0.25) is 4.67 Å². The van der Waals surface area contributed by atoms with Crippen LogP contribution in [0.25, 0.3) is 0 Å². The summed E-state index contributed by atoms with van der Waals surface area (Å²) in [4.78, 5) is 0. The van der Waals surface area contributed by atoms with Gasteiger partial charge in [0, 0.05) is 13.1 Å². The van der Waals surface area contributed by atoms with Crippen molar-refractivity contribution in [3.05, 3.63) is 0 Å². The number of hydrogen-bond acceptors (Lipinski definition) is 2. The van der Waals surface area contributed by atoms with Crippen LogP contribution in [0.3, 0.4) is 0 Å². The predicted octanol–water partition coefficient (Wildman–Crippen LogP) is 0.233. The Hall–Kier alpha value is 0.350. The predicted molar refractivity (Wildman–Crippen MR) is 36.5 cm³/mol. The van der Waals surface area contributed by atoms with E-state index < -0.39 is 0 Å². The molecule has 1 saturated heterocycles. The van der Waals surface area contributed by atoms with Crippen LogP contribution < -0.4 is 0 Å². The molecule has 8 heavy (non-hydrogen) atoms. The molecule has 1 aliphatic heterocycles. The third kappa shape index (κ3) is 1.70. The van der Waals surface area contributed by atoms with E-state index in [2.05, 4.69) is 14.1 Å². The Balaban J connectivity index is 2.23. The van der Waals surface area contributed by atoms with E-state index in [9.17, 15) is 0 Å². The van der Waals surface area contributed by atoms with E-state index >= 15 is 0 Å². The highest BCUT2D eigenvalue weighted by atomic mass is 31.0. The molecule has 1 N–H and O–H groups in total. The summed E-state index contributed by atoms with van der Waals surface area (Å²) in [6, 6.07) is 0. The van der Waals surface area contributed by atoms with E-state index in [1.165, 1.54) is 0 Å². The van der Waals surface area contributed by atoms with Crippen LogP contribution in [0, 0.1) is 0 Å². The zero-order valence-electron chi connectivity index (χ0n) is 4.88. The Bertz CT molecular complexity index is 70.8. The van der Waals surface area contributed by atoms with Gasteiger partial charge in [0.15, 0.2) is 0 Å². The maximum atomic E-state index is 9.02. The highest BCUT2D eigenvalue weighted by molar-refractivity contribution is 7.13. The van der Waals surface area contributed by atoms with Gasteiger partial charge in [-0.15, -0.1) is 0 Å². The second-order valence-electron chi connectivity index (χ2n) is 2.29. The van der Waals surface area contributed by atoms with E-state index in [0.29, 0.717) is 0 Å². The summed E-state index contributed by atoms with van der Waals surface area (Å²) < 4.78 is 2.08. The van der Waals surface area contributed by atoms with Crippen molar-refractivity contribution in [2.75, 3.05) is 13.1 Å². The number of nitrogens with zero attached hydrogens (tertiary/aromatic N) is 1. The van der Waals surface area contributed by atoms with Gasteiger partial charge in [0.1, 0.15) is 0 Å². The maximum absolute atomic E-state index is 9.02. The summed E-state index contributed by atoms with van der Waals surface area (Å²) in [5, 5.41) is 9.02. The van der Waals surface area contributed by atoms with Crippen LogP contribution in [0.4, 0.5) is 0 Å². The number of aliphatic hydroxyl groups excluding tert-OH is 1. The molecule has 2 nitrogen and oxygen atoms in total. The molecule has 2 atom stereocenters. The zero-order chi connectivity index (χ0) is 5.98. The lowest BCUT2D eigenvalue weighted by molar-refractivity contribution is 0.112. The Morgan fingerprint density at radius 3 is 2.75 bits per heavy atom. The Morgan fingerprint density at radius 2 is 2.38 bits per heavy atom. The van der Waals surface area contributed by atoms with E-state index in [1.807, 2.05) is 0 Å². The third-order valence-corrected chi connectivity index (χ3v) is 1.90. The smallest absolute Gasteiger partial charge is 0.0670 e. The van der Waals surface area contributed by atoms with E-state index in [0.717, 1.165) is 25.9 Å². The van der Waals surface area contributed by atoms with Crippen molar-refractivity contribution in [3.63, 3.8) is 0 Å². The topological polar surface area (TPSA) is 23.5 Å². The molecule has 3 heteroatoms. The lowest BCUT2D eigenvalue weighted by atomic mass is 10.1. The zero-order valence-corrected chi connectivity index (χ0v) is 6.03. The van der Waals surface area contributed by atoms with Gasteiger partial charge in [-0.1, -0.05) is 9.39 Å². The van der Waals surface area contributed by atoms with Crippen molar-refractivity contribution in [1.29, 1.82) is 0 Å². The lowest BCUT2D eigenvalue weighted by Crippen LogP contribution is -2.31. The standard InChI is InChI=1S/C5H12NOP/c7-5-2-1-3-6(8)4-5/h5,7H,1-4,8H2. The number of piperidine rings is 1. The maximum Gasteiger partial charge on any atom is 0.0670 e. The third-order valence-electron chi connectivity index (χ3n) is 1.43. The molecule has 0 aromatic rings. The van der Waals surface area contributed by atoms with Crippen LogP contribution in [-0.4, -0.2) is 29.0 Å². The van der Waals surface area contributed by atoms with Crippen LogP contribution >= 0.6 is 9.39 Å². The second kappa shape index (κ2) is 2.77. The number of aliphatic hydroxyl groups is 1. The summed E-state index contributed by atoms with van der Waals surface area (Å²) in [5.41, 5.74) is 0. The molecule has 0 aliphatic carbocycles. The molecular formula is C5H12NOP. The van der Waals surface area contributed by atoms with Gasteiger partial charge in [0.05, 0.1) is 6.10 Å². The molecule has 0 amide bonds. The number of hydrogen-bond donors (Lipinski definition) is 1. The first-order chi connectivity index (χ1) is 3.79. The first kappa shape index (κ1) is 6.47. The van der Waals surface area contributed by atoms with Crippen LogP contribution in [-0.2, 0) is 0 Å². The Labute approximate surface area is 52.1 Å². The minimum absolute atomic E-state index is 0.0822. The lowest BCUT2D eigenvalue weighted by Gasteiger charge is -2.25. The van der Waals surface area contributed by atoms with Crippen molar-refractivity contribution >= 4 is 9.39 Å².